The van der Waals surface area contributed by atoms with Crippen molar-refractivity contribution in [1.29, 1.82) is 0 Å². The number of hydrogen-bond donors (Lipinski definition) is 1. The van der Waals surface area contributed by atoms with Crippen LogP contribution in [0.2, 0.25) is 0 Å². The third-order valence-electron chi connectivity index (χ3n) is 4.49. The lowest BCUT2D eigenvalue weighted by Gasteiger charge is -2.15. The molecule has 150 valence electrons. The van der Waals surface area contributed by atoms with Crippen LogP contribution in [0, 0.1) is 0 Å². The number of pyridine rings is 1. The predicted molar refractivity (Wildman–Crippen MR) is 115 cm³/mol. The molecule has 30 heavy (non-hydrogen) atoms. The van der Waals surface area contributed by atoms with Crippen molar-refractivity contribution in [2.75, 3.05) is 7.11 Å². The maximum absolute atomic E-state index is 12.2. The molecule has 0 aliphatic rings. The number of nitrogens with two attached hydrogens (primary N) is 1. The van der Waals surface area contributed by atoms with Crippen molar-refractivity contribution in [3.63, 3.8) is 0 Å². The van der Waals surface area contributed by atoms with Gasteiger partial charge in [0.2, 0.25) is 5.91 Å². The highest BCUT2D eigenvalue weighted by molar-refractivity contribution is 8.00. The van der Waals surface area contributed by atoms with Gasteiger partial charge in [0.05, 0.1) is 7.11 Å². The SMILES string of the molecule is COc1ccc(-n2c(SC(C(N)=O)c3ccccc3)nnc2-c2ccncc2)cc1. The van der Waals surface area contributed by atoms with Gasteiger partial charge in [0.25, 0.3) is 0 Å². The van der Waals surface area contributed by atoms with Gasteiger partial charge in [-0.15, -0.1) is 10.2 Å². The Kier molecular flexibility index (Phi) is 5.76. The van der Waals surface area contributed by atoms with Crippen LogP contribution in [0.4, 0.5) is 0 Å². The minimum Gasteiger partial charge on any atom is -0.497 e. The molecule has 0 radical (unpaired) electrons. The van der Waals surface area contributed by atoms with E-state index in [0.717, 1.165) is 22.6 Å². The molecule has 1 atom stereocenters. The zero-order valence-corrected chi connectivity index (χ0v) is 17.0. The summed E-state index contributed by atoms with van der Waals surface area (Å²) in [7, 11) is 1.62. The first-order chi connectivity index (χ1) is 14.7. The molecule has 2 heterocycles. The van der Waals surface area contributed by atoms with Crippen molar-refractivity contribution < 1.29 is 9.53 Å². The second kappa shape index (κ2) is 8.79. The molecule has 0 fully saturated rings. The van der Waals surface area contributed by atoms with Crippen LogP contribution in [0.5, 0.6) is 5.75 Å². The number of aromatic nitrogens is 4. The van der Waals surface area contributed by atoms with Crippen LogP contribution in [0.1, 0.15) is 10.8 Å². The minimum atomic E-state index is -0.599. The molecule has 0 spiro atoms. The van der Waals surface area contributed by atoms with Gasteiger partial charge in [0.1, 0.15) is 11.0 Å². The summed E-state index contributed by atoms with van der Waals surface area (Å²) in [6.07, 6.45) is 3.40. The van der Waals surface area contributed by atoms with E-state index in [0.29, 0.717) is 11.0 Å². The fourth-order valence-corrected chi connectivity index (χ4v) is 4.03. The van der Waals surface area contributed by atoms with E-state index in [4.69, 9.17) is 10.5 Å². The normalized spacial score (nSPS) is 11.8. The number of primary amides is 1. The molecule has 8 heteroatoms. The Balaban J connectivity index is 1.81. The minimum absolute atomic E-state index is 0.444. The van der Waals surface area contributed by atoms with Crippen LogP contribution in [0.3, 0.4) is 0 Å². The molecule has 0 saturated heterocycles. The average Bonchev–Trinajstić information content (AvgIpc) is 3.22. The van der Waals surface area contributed by atoms with Gasteiger partial charge >= 0.3 is 0 Å². The molecule has 0 saturated carbocycles. The molecule has 2 aromatic carbocycles. The lowest BCUT2D eigenvalue weighted by atomic mass is 10.1. The first kappa shape index (κ1) is 19.7. The number of thioether (sulfide) groups is 1. The van der Waals surface area contributed by atoms with Gasteiger partial charge in [-0.25, -0.2) is 0 Å². The largest absolute Gasteiger partial charge is 0.497 e. The van der Waals surface area contributed by atoms with Gasteiger partial charge in [-0.1, -0.05) is 42.1 Å². The van der Waals surface area contributed by atoms with Crippen LogP contribution in [0.25, 0.3) is 17.1 Å². The molecule has 1 unspecified atom stereocenters. The van der Waals surface area contributed by atoms with Crippen molar-refractivity contribution in [1.82, 2.24) is 19.7 Å². The Labute approximate surface area is 177 Å². The molecule has 4 rings (SSSR count). The van der Waals surface area contributed by atoms with Gasteiger partial charge in [-0.2, -0.15) is 0 Å². The summed E-state index contributed by atoms with van der Waals surface area (Å²) in [6, 6.07) is 20.7. The molecule has 7 nitrogen and oxygen atoms in total. The molecule has 0 aliphatic heterocycles. The number of carbonyl (C=O) groups excluding carboxylic acids is 1. The van der Waals surface area contributed by atoms with Crippen LogP contribution in [-0.2, 0) is 4.79 Å². The summed E-state index contributed by atoms with van der Waals surface area (Å²) in [5, 5.41) is 8.72. The Morgan fingerprint density at radius 3 is 2.33 bits per heavy atom. The van der Waals surface area contributed by atoms with Crippen molar-refractivity contribution in [2.24, 2.45) is 5.73 Å². The number of amides is 1. The third-order valence-corrected chi connectivity index (χ3v) is 5.70. The first-order valence-corrected chi connectivity index (χ1v) is 10.1. The first-order valence-electron chi connectivity index (χ1n) is 9.18. The van der Waals surface area contributed by atoms with E-state index in [-0.39, 0.29) is 0 Å². The van der Waals surface area contributed by atoms with Crippen LogP contribution in [0.15, 0.2) is 84.3 Å². The summed E-state index contributed by atoms with van der Waals surface area (Å²) < 4.78 is 7.17. The van der Waals surface area contributed by atoms with E-state index in [9.17, 15) is 4.79 Å². The fraction of sp³-hybridized carbons (Fsp3) is 0.0909. The highest BCUT2D eigenvalue weighted by atomic mass is 32.2. The Morgan fingerprint density at radius 1 is 1.00 bits per heavy atom. The quantitative estimate of drug-likeness (QED) is 0.461. The van der Waals surface area contributed by atoms with Gasteiger partial charge in [-0.3, -0.25) is 14.3 Å². The fourth-order valence-electron chi connectivity index (χ4n) is 3.02. The number of ether oxygens (including phenoxy) is 1. The number of rotatable bonds is 7. The van der Waals surface area contributed by atoms with E-state index in [2.05, 4.69) is 15.2 Å². The smallest absolute Gasteiger partial charge is 0.235 e. The third kappa shape index (κ3) is 4.04. The number of hydrogen-bond acceptors (Lipinski definition) is 6. The summed E-state index contributed by atoms with van der Waals surface area (Å²) in [6.45, 7) is 0. The molecule has 2 aromatic heterocycles. The Hall–Kier alpha value is -3.65. The predicted octanol–water partition coefficient (Wildman–Crippen LogP) is 3.66. The lowest BCUT2D eigenvalue weighted by molar-refractivity contribution is -0.117. The van der Waals surface area contributed by atoms with Crippen molar-refractivity contribution in [2.45, 2.75) is 10.4 Å². The topological polar surface area (TPSA) is 95.9 Å². The number of carbonyl (C=O) groups is 1. The summed E-state index contributed by atoms with van der Waals surface area (Å²) in [4.78, 5) is 16.3. The zero-order chi connectivity index (χ0) is 20.9. The zero-order valence-electron chi connectivity index (χ0n) is 16.2. The van der Waals surface area contributed by atoms with E-state index >= 15 is 0 Å². The summed E-state index contributed by atoms with van der Waals surface area (Å²) in [5.74, 6) is 0.938. The van der Waals surface area contributed by atoms with Crippen LogP contribution in [-0.4, -0.2) is 32.8 Å². The average molecular weight is 417 g/mol. The van der Waals surface area contributed by atoms with Gasteiger partial charge < -0.3 is 10.5 Å². The van der Waals surface area contributed by atoms with Gasteiger partial charge in [0, 0.05) is 23.6 Å². The molecule has 2 N–H and O–H groups in total. The van der Waals surface area contributed by atoms with E-state index in [1.165, 1.54) is 11.8 Å². The van der Waals surface area contributed by atoms with E-state index < -0.39 is 11.2 Å². The number of methoxy groups -OCH3 is 1. The van der Waals surface area contributed by atoms with Gasteiger partial charge in [-0.05, 0) is 42.0 Å². The van der Waals surface area contributed by atoms with Gasteiger partial charge in [0.15, 0.2) is 11.0 Å². The lowest BCUT2D eigenvalue weighted by Crippen LogP contribution is -2.19. The number of benzene rings is 2. The van der Waals surface area contributed by atoms with Crippen LogP contribution < -0.4 is 10.5 Å². The molecule has 1 amide bonds. The van der Waals surface area contributed by atoms with E-state index in [1.807, 2.05) is 71.3 Å². The Bertz CT molecular complexity index is 1130. The van der Waals surface area contributed by atoms with Crippen molar-refractivity contribution in [3.8, 4) is 22.8 Å². The summed E-state index contributed by atoms with van der Waals surface area (Å²) in [5.41, 5.74) is 8.23. The van der Waals surface area contributed by atoms with Crippen LogP contribution >= 0.6 is 11.8 Å². The highest BCUT2D eigenvalue weighted by Crippen LogP contribution is 2.37. The van der Waals surface area contributed by atoms with Crippen molar-refractivity contribution in [3.05, 3.63) is 84.7 Å². The molecule has 4 aromatic rings. The van der Waals surface area contributed by atoms with Crippen molar-refractivity contribution >= 4 is 17.7 Å². The molecular weight excluding hydrogens is 398 g/mol. The Morgan fingerprint density at radius 2 is 1.70 bits per heavy atom. The van der Waals surface area contributed by atoms with E-state index in [1.54, 1.807) is 19.5 Å². The monoisotopic (exact) mass is 417 g/mol. The number of nitrogens with zero attached hydrogens (tertiary/aromatic N) is 4. The second-order valence-corrected chi connectivity index (χ2v) is 7.46. The molecule has 0 aliphatic carbocycles. The maximum atomic E-state index is 12.2. The second-order valence-electron chi connectivity index (χ2n) is 6.39. The summed E-state index contributed by atoms with van der Waals surface area (Å²) >= 11 is 1.26. The maximum Gasteiger partial charge on any atom is 0.235 e. The standard InChI is InChI=1S/C22H19N5O2S/c1-29-18-9-7-17(8-10-18)27-21(16-11-13-24-14-12-16)25-26-22(27)30-19(20(23)28)15-5-3-2-4-6-15/h2-14,19H,1H3,(H2,23,28). The molecule has 0 bridgehead atoms. The molecular formula is C22H19N5O2S. The highest BCUT2D eigenvalue weighted by Gasteiger charge is 2.25.